The van der Waals surface area contributed by atoms with Crippen LogP contribution in [-0.2, 0) is 11.8 Å². The van der Waals surface area contributed by atoms with Gasteiger partial charge < -0.3 is 0 Å². The SMILES string of the molecule is CCCC1CC(C)(C)c2cccc(CCCC(=O)c3ccccc3C(F)F)c21. The van der Waals surface area contributed by atoms with Gasteiger partial charge in [0, 0.05) is 17.5 Å². The van der Waals surface area contributed by atoms with Crippen molar-refractivity contribution in [2.75, 3.05) is 0 Å². The molecule has 150 valence electrons. The Balaban J connectivity index is 1.73. The summed E-state index contributed by atoms with van der Waals surface area (Å²) in [4.78, 5) is 12.5. The molecule has 0 spiro atoms. The Morgan fingerprint density at radius 1 is 1.14 bits per heavy atom. The number of aryl methyl sites for hydroxylation is 1. The van der Waals surface area contributed by atoms with E-state index in [-0.39, 0.29) is 22.3 Å². The largest absolute Gasteiger partial charge is 0.294 e. The first-order valence-electron chi connectivity index (χ1n) is 10.4. The minimum Gasteiger partial charge on any atom is -0.294 e. The second-order valence-corrected chi connectivity index (χ2v) is 8.62. The van der Waals surface area contributed by atoms with E-state index >= 15 is 0 Å². The quantitative estimate of drug-likeness (QED) is 0.433. The van der Waals surface area contributed by atoms with Gasteiger partial charge in [0.1, 0.15) is 0 Å². The maximum absolute atomic E-state index is 13.2. The number of carbonyl (C=O) groups excluding carboxylic acids is 1. The number of fused-ring (bicyclic) bond motifs is 1. The number of halogens is 2. The number of rotatable bonds is 8. The molecule has 0 saturated carbocycles. The molecule has 0 amide bonds. The van der Waals surface area contributed by atoms with Crippen LogP contribution < -0.4 is 0 Å². The number of carbonyl (C=O) groups is 1. The molecule has 1 aliphatic carbocycles. The summed E-state index contributed by atoms with van der Waals surface area (Å²) in [6.45, 7) is 6.86. The van der Waals surface area contributed by atoms with Gasteiger partial charge >= 0.3 is 0 Å². The molecule has 3 heteroatoms. The summed E-state index contributed by atoms with van der Waals surface area (Å²) < 4.78 is 26.3. The van der Waals surface area contributed by atoms with Crippen LogP contribution in [0, 0.1) is 0 Å². The zero-order chi connectivity index (χ0) is 20.3. The molecule has 1 atom stereocenters. The average molecular weight is 385 g/mol. The Kier molecular flexibility index (Phi) is 6.32. The Hall–Kier alpha value is -2.03. The third-order valence-electron chi connectivity index (χ3n) is 6.07. The number of hydrogen-bond acceptors (Lipinski definition) is 1. The molecule has 28 heavy (non-hydrogen) atoms. The first-order chi connectivity index (χ1) is 13.3. The maximum atomic E-state index is 13.2. The van der Waals surface area contributed by atoms with Crippen molar-refractivity contribution < 1.29 is 13.6 Å². The predicted molar refractivity (Wildman–Crippen MR) is 110 cm³/mol. The van der Waals surface area contributed by atoms with Gasteiger partial charge in [-0.15, -0.1) is 0 Å². The lowest BCUT2D eigenvalue weighted by Gasteiger charge is -2.19. The van der Waals surface area contributed by atoms with Crippen molar-refractivity contribution in [3.8, 4) is 0 Å². The minimum atomic E-state index is -2.62. The van der Waals surface area contributed by atoms with E-state index in [4.69, 9.17) is 0 Å². The molecular formula is C25H30F2O. The van der Waals surface area contributed by atoms with Crippen molar-refractivity contribution in [2.45, 2.75) is 77.1 Å². The van der Waals surface area contributed by atoms with Crippen molar-refractivity contribution in [1.82, 2.24) is 0 Å². The van der Waals surface area contributed by atoms with Gasteiger partial charge in [0.25, 0.3) is 6.43 Å². The lowest BCUT2D eigenvalue weighted by Crippen LogP contribution is -2.12. The number of Topliss-reactive ketones (excluding diaryl/α,β-unsaturated/α-hetero) is 1. The molecule has 0 radical (unpaired) electrons. The summed E-state index contributed by atoms with van der Waals surface area (Å²) in [6.07, 6.45) is 2.72. The Bertz CT molecular complexity index is 838. The minimum absolute atomic E-state index is 0.155. The Labute approximate surface area is 167 Å². The van der Waals surface area contributed by atoms with E-state index in [9.17, 15) is 13.6 Å². The summed E-state index contributed by atoms with van der Waals surface area (Å²) in [5.41, 5.74) is 4.46. The first kappa shape index (κ1) is 20.7. The standard InChI is InChI=1S/C25H30F2O/c1-4-9-18-16-25(2,3)21-14-7-10-17(23(18)21)11-8-15-22(28)19-12-5-6-13-20(19)24(26)27/h5-7,10,12-14,18,24H,4,8-9,11,15-16H2,1-3H3. The molecule has 0 heterocycles. The molecule has 2 aromatic rings. The van der Waals surface area contributed by atoms with E-state index in [0.29, 0.717) is 18.8 Å². The van der Waals surface area contributed by atoms with Crippen LogP contribution in [0.25, 0.3) is 0 Å². The normalized spacial score (nSPS) is 17.7. The van der Waals surface area contributed by atoms with Gasteiger partial charge in [-0.25, -0.2) is 8.78 Å². The lowest BCUT2D eigenvalue weighted by atomic mass is 9.85. The second-order valence-electron chi connectivity index (χ2n) is 8.62. The zero-order valence-corrected chi connectivity index (χ0v) is 17.1. The maximum Gasteiger partial charge on any atom is 0.264 e. The third-order valence-corrected chi connectivity index (χ3v) is 6.07. The molecule has 0 bridgehead atoms. The highest BCUT2D eigenvalue weighted by atomic mass is 19.3. The molecule has 0 aliphatic heterocycles. The number of ketones is 1. The molecule has 0 N–H and O–H groups in total. The van der Waals surface area contributed by atoms with Gasteiger partial charge in [-0.2, -0.15) is 0 Å². The lowest BCUT2D eigenvalue weighted by molar-refractivity contribution is 0.0966. The van der Waals surface area contributed by atoms with Gasteiger partial charge in [-0.3, -0.25) is 4.79 Å². The van der Waals surface area contributed by atoms with Crippen LogP contribution in [0.3, 0.4) is 0 Å². The molecule has 2 aromatic carbocycles. The summed E-state index contributed by atoms with van der Waals surface area (Å²) in [5.74, 6) is 0.398. The fourth-order valence-corrected chi connectivity index (χ4v) is 4.84. The topological polar surface area (TPSA) is 17.1 Å². The smallest absolute Gasteiger partial charge is 0.264 e. The van der Waals surface area contributed by atoms with Gasteiger partial charge in [0.15, 0.2) is 5.78 Å². The van der Waals surface area contributed by atoms with E-state index < -0.39 is 6.43 Å². The summed E-state index contributed by atoms with van der Waals surface area (Å²) in [7, 11) is 0. The number of hydrogen-bond donors (Lipinski definition) is 0. The molecule has 0 fully saturated rings. The van der Waals surface area contributed by atoms with Gasteiger partial charge in [0.2, 0.25) is 0 Å². The van der Waals surface area contributed by atoms with Crippen LogP contribution in [0.2, 0.25) is 0 Å². The van der Waals surface area contributed by atoms with Crippen molar-refractivity contribution in [3.63, 3.8) is 0 Å². The number of benzene rings is 2. The van der Waals surface area contributed by atoms with Crippen molar-refractivity contribution >= 4 is 5.78 Å². The van der Waals surface area contributed by atoms with Crippen molar-refractivity contribution in [3.05, 3.63) is 70.3 Å². The van der Waals surface area contributed by atoms with Gasteiger partial charge in [-0.1, -0.05) is 69.7 Å². The highest BCUT2D eigenvalue weighted by Gasteiger charge is 2.37. The monoisotopic (exact) mass is 384 g/mol. The summed E-state index contributed by atoms with van der Waals surface area (Å²) >= 11 is 0. The van der Waals surface area contributed by atoms with Crippen LogP contribution >= 0.6 is 0 Å². The van der Waals surface area contributed by atoms with Crippen LogP contribution in [0.1, 0.15) is 97.8 Å². The summed E-state index contributed by atoms with van der Waals surface area (Å²) in [6, 6.07) is 12.6. The van der Waals surface area contributed by atoms with E-state index in [2.05, 4.69) is 39.0 Å². The third kappa shape index (κ3) is 4.19. The van der Waals surface area contributed by atoms with Crippen LogP contribution in [-0.4, -0.2) is 5.78 Å². The second kappa shape index (κ2) is 8.55. The molecule has 0 aromatic heterocycles. The molecule has 1 aliphatic rings. The van der Waals surface area contributed by atoms with E-state index in [0.717, 1.165) is 12.8 Å². The average Bonchev–Trinajstić information content (AvgIpc) is 2.93. The Morgan fingerprint density at radius 2 is 1.89 bits per heavy atom. The molecule has 0 saturated heterocycles. The van der Waals surface area contributed by atoms with E-state index in [1.165, 1.54) is 41.7 Å². The molecule has 1 nitrogen and oxygen atoms in total. The highest BCUT2D eigenvalue weighted by molar-refractivity contribution is 5.97. The van der Waals surface area contributed by atoms with Gasteiger partial charge in [0.05, 0.1) is 0 Å². The fraction of sp³-hybridized carbons (Fsp3) is 0.480. The van der Waals surface area contributed by atoms with Crippen LogP contribution in [0.5, 0.6) is 0 Å². The predicted octanol–water partition coefficient (Wildman–Crippen LogP) is 7.39. The van der Waals surface area contributed by atoms with Crippen molar-refractivity contribution in [1.29, 1.82) is 0 Å². The van der Waals surface area contributed by atoms with Crippen molar-refractivity contribution in [2.24, 2.45) is 0 Å². The molecule has 1 unspecified atom stereocenters. The molecule has 3 rings (SSSR count). The summed E-state index contributed by atoms with van der Waals surface area (Å²) in [5, 5.41) is 0. The first-order valence-corrected chi connectivity index (χ1v) is 10.4. The van der Waals surface area contributed by atoms with Crippen LogP contribution in [0.15, 0.2) is 42.5 Å². The van der Waals surface area contributed by atoms with E-state index in [1.54, 1.807) is 12.1 Å². The number of alkyl halides is 2. The highest BCUT2D eigenvalue weighted by Crippen LogP contribution is 2.49. The van der Waals surface area contributed by atoms with Crippen LogP contribution in [0.4, 0.5) is 8.78 Å². The fourth-order valence-electron chi connectivity index (χ4n) is 4.84. The van der Waals surface area contributed by atoms with Gasteiger partial charge in [-0.05, 0) is 53.7 Å². The zero-order valence-electron chi connectivity index (χ0n) is 17.1. The van der Waals surface area contributed by atoms with E-state index in [1.807, 2.05) is 0 Å². The Morgan fingerprint density at radius 3 is 2.61 bits per heavy atom. The molecular weight excluding hydrogens is 354 g/mol.